The summed E-state index contributed by atoms with van der Waals surface area (Å²) in [7, 11) is 0. The highest BCUT2D eigenvalue weighted by Gasteiger charge is 2.11. The molecule has 0 fully saturated rings. The van der Waals surface area contributed by atoms with Gasteiger partial charge in [-0.05, 0) is 28.2 Å². The summed E-state index contributed by atoms with van der Waals surface area (Å²) in [4.78, 5) is 0. The maximum Gasteiger partial charge on any atom is 0.155 e. The Bertz CT molecular complexity index is 452. The van der Waals surface area contributed by atoms with Crippen molar-refractivity contribution in [3.05, 3.63) is 32.5 Å². The Morgan fingerprint density at radius 3 is 2.92 bits per heavy atom. The van der Waals surface area contributed by atoms with Crippen LogP contribution in [-0.4, -0.2) is 0 Å². The molecule has 0 aliphatic rings. The van der Waals surface area contributed by atoms with Crippen LogP contribution in [0.1, 0.15) is 5.56 Å². The fourth-order valence-electron chi connectivity index (χ4n) is 1.22. The lowest BCUT2D eigenvalue weighted by atomic mass is 10.2. The van der Waals surface area contributed by atoms with Crippen molar-refractivity contribution < 1.29 is 4.39 Å². The topological polar surface area (TPSA) is 0 Å². The SMILES string of the molecule is Fc1c(I)sc2c(CBr)cccc12. The van der Waals surface area contributed by atoms with E-state index in [1.807, 2.05) is 40.8 Å². The van der Waals surface area contributed by atoms with Crippen LogP contribution in [0.25, 0.3) is 10.1 Å². The van der Waals surface area contributed by atoms with Gasteiger partial charge in [0.05, 0.1) is 0 Å². The highest BCUT2D eigenvalue weighted by Crippen LogP contribution is 2.33. The van der Waals surface area contributed by atoms with Crippen LogP contribution in [0.15, 0.2) is 18.2 Å². The van der Waals surface area contributed by atoms with Gasteiger partial charge in [0.1, 0.15) is 2.88 Å². The molecule has 4 heteroatoms. The van der Waals surface area contributed by atoms with Crippen molar-refractivity contribution >= 4 is 59.9 Å². The van der Waals surface area contributed by atoms with Crippen molar-refractivity contribution in [3.63, 3.8) is 0 Å². The van der Waals surface area contributed by atoms with E-state index in [0.29, 0.717) is 0 Å². The Labute approximate surface area is 101 Å². The van der Waals surface area contributed by atoms with Crippen LogP contribution in [0.3, 0.4) is 0 Å². The van der Waals surface area contributed by atoms with E-state index in [0.717, 1.165) is 23.9 Å². The summed E-state index contributed by atoms with van der Waals surface area (Å²) in [6, 6.07) is 5.74. The lowest BCUT2D eigenvalue weighted by Gasteiger charge is -1.95. The fourth-order valence-corrected chi connectivity index (χ4v) is 3.75. The van der Waals surface area contributed by atoms with Gasteiger partial charge < -0.3 is 0 Å². The third-order valence-electron chi connectivity index (χ3n) is 1.84. The van der Waals surface area contributed by atoms with E-state index in [2.05, 4.69) is 15.9 Å². The highest BCUT2D eigenvalue weighted by molar-refractivity contribution is 14.1. The first kappa shape index (κ1) is 9.86. The molecule has 1 aromatic carbocycles. The summed E-state index contributed by atoms with van der Waals surface area (Å²) in [5.74, 6) is -0.0802. The van der Waals surface area contributed by atoms with Crippen LogP contribution < -0.4 is 0 Å². The Morgan fingerprint density at radius 1 is 1.46 bits per heavy atom. The van der Waals surface area contributed by atoms with Crippen LogP contribution in [-0.2, 0) is 5.33 Å². The van der Waals surface area contributed by atoms with E-state index < -0.39 is 0 Å². The number of thiophene rings is 1. The Kier molecular flexibility index (Phi) is 2.90. The molecule has 0 saturated carbocycles. The zero-order chi connectivity index (χ0) is 9.42. The largest absolute Gasteiger partial charge is 0.204 e. The minimum atomic E-state index is -0.0802. The summed E-state index contributed by atoms with van der Waals surface area (Å²) in [6.45, 7) is 0. The standard InChI is InChI=1S/C9H5BrFIS/c10-4-5-2-1-3-6-7(11)9(12)13-8(5)6/h1-3H,4H2. The van der Waals surface area contributed by atoms with Gasteiger partial charge in [-0.1, -0.05) is 34.1 Å². The van der Waals surface area contributed by atoms with Crippen LogP contribution >= 0.6 is 49.9 Å². The summed E-state index contributed by atoms with van der Waals surface area (Å²) >= 11 is 6.94. The molecule has 0 N–H and O–H groups in total. The molecule has 0 nitrogen and oxygen atoms in total. The highest BCUT2D eigenvalue weighted by atomic mass is 127. The molecule has 0 aliphatic carbocycles. The van der Waals surface area contributed by atoms with E-state index >= 15 is 0 Å². The van der Waals surface area contributed by atoms with Gasteiger partial charge in [0, 0.05) is 15.4 Å². The molecular formula is C9H5BrFIS. The molecule has 68 valence electrons. The van der Waals surface area contributed by atoms with Gasteiger partial charge in [0.2, 0.25) is 0 Å². The second-order valence-corrected chi connectivity index (χ2v) is 6.01. The molecule has 2 rings (SSSR count). The van der Waals surface area contributed by atoms with E-state index in [-0.39, 0.29) is 5.82 Å². The van der Waals surface area contributed by atoms with Crippen molar-refractivity contribution in [2.45, 2.75) is 5.33 Å². The molecule has 0 aliphatic heterocycles. The van der Waals surface area contributed by atoms with Crippen molar-refractivity contribution in [1.29, 1.82) is 0 Å². The molecule has 0 saturated heterocycles. The normalized spacial score (nSPS) is 11.0. The van der Waals surface area contributed by atoms with Gasteiger partial charge in [-0.2, -0.15) is 0 Å². The fraction of sp³-hybridized carbons (Fsp3) is 0.111. The first-order valence-corrected chi connectivity index (χ1v) is 6.67. The Hall–Kier alpha value is 0.320. The molecule has 2 aromatic rings. The maximum absolute atomic E-state index is 13.5. The van der Waals surface area contributed by atoms with Crippen molar-refractivity contribution in [1.82, 2.24) is 0 Å². The molecule has 1 aromatic heterocycles. The van der Waals surface area contributed by atoms with Crippen molar-refractivity contribution in [2.75, 3.05) is 0 Å². The zero-order valence-electron chi connectivity index (χ0n) is 6.48. The molecule has 13 heavy (non-hydrogen) atoms. The molecule has 0 spiro atoms. The van der Waals surface area contributed by atoms with Crippen molar-refractivity contribution in [3.8, 4) is 0 Å². The molecular weight excluding hydrogens is 366 g/mol. The molecule has 0 bridgehead atoms. The van der Waals surface area contributed by atoms with E-state index in [1.54, 1.807) is 0 Å². The van der Waals surface area contributed by atoms with E-state index in [1.165, 1.54) is 11.3 Å². The number of benzene rings is 1. The van der Waals surface area contributed by atoms with Gasteiger partial charge in [-0.25, -0.2) is 4.39 Å². The van der Waals surface area contributed by atoms with E-state index in [9.17, 15) is 4.39 Å². The number of halogens is 3. The van der Waals surface area contributed by atoms with Gasteiger partial charge >= 0.3 is 0 Å². The number of alkyl halides is 1. The number of fused-ring (bicyclic) bond motifs is 1. The third-order valence-corrected chi connectivity index (χ3v) is 4.62. The molecule has 1 heterocycles. The summed E-state index contributed by atoms with van der Waals surface area (Å²) in [5, 5.41) is 1.52. The Morgan fingerprint density at radius 2 is 2.23 bits per heavy atom. The lowest BCUT2D eigenvalue weighted by molar-refractivity contribution is 0.638. The first-order chi connectivity index (χ1) is 6.24. The number of hydrogen-bond acceptors (Lipinski definition) is 1. The van der Waals surface area contributed by atoms with Crippen LogP contribution in [0.2, 0.25) is 0 Å². The second-order valence-electron chi connectivity index (χ2n) is 2.62. The van der Waals surface area contributed by atoms with Crippen molar-refractivity contribution in [2.24, 2.45) is 0 Å². The lowest BCUT2D eigenvalue weighted by Crippen LogP contribution is -1.77. The van der Waals surface area contributed by atoms with Crippen LogP contribution in [0, 0.1) is 8.70 Å². The minimum absolute atomic E-state index is 0.0802. The number of hydrogen-bond donors (Lipinski definition) is 0. The number of rotatable bonds is 1. The van der Waals surface area contributed by atoms with Gasteiger partial charge in [0.15, 0.2) is 5.82 Å². The second kappa shape index (κ2) is 3.82. The van der Waals surface area contributed by atoms with Gasteiger partial charge in [-0.3, -0.25) is 0 Å². The molecule has 0 atom stereocenters. The smallest absolute Gasteiger partial charge is 0.155 e. The summed E-state index contributed by atoms with van der Waals surface area (Å²) in [6.07, 6.45) is 0. The van der Waals surface area contributed by atoms with Gasteiger partial charge in [-0.15, -0.1) is 11.3 Å². The summed E-state index contributed by atoms with van der Waals surface area (Å²) in [5.41, 5.74) is 1.16. The van der Waals surface area contributed by atoms with E-state index in [4.69, 9.17) is 0 Å². The first-order valence-electron chi connectivity index (χ1n) is 3.65. The van der Waals surface area contributed by atoms with Gasteiger partial charge in [0.25, 0.3) is 0 Å². The van der Waals surface area contributed by atoms with Crippen LogP contribution in [0.4, 0.5) is 4.39 Å². The third kappa shape index (κ3) is 1.64. The van der Waals surface area contributed by atoms with Crippen LogP contribution in [0.5, 0.6) is 0 Å². The average molecular weight is 371 g/mol. The zero-order valence-corrected chi connectivity index (χ0v) is 11.0. The quantitative estimate of drug-likeness (QED) is 0.510. The molecule has 0 radical (unpaired) electrons. The monoisotopic (exact) mass is 370 g/mol. The molecule has 0 unspecified atom stereocenters. The maximum atomic E-state index is 13.5. The Balaban J connectivity index is 2.84. The average Bonchev–Trinajstić information content (AvgIpc) is 2.43. The molecule has 0 amide bonds. The minimum Gasteiger partial charge on any atom is -0.204 e. The summed E-state index contributed by atoms with van der Waals surface area (Å²) < 4.78 is 15.3. The predicted molar refractivity (Wildman–Crippen MR) is 67.1 cm³/mol. The predicted octanol–water partition coefficient (Wildman–Crippen LogP) is 4.54.